The molecule has 0 aromatic heterocycles. The predicted molar refractivity (Wildman–Crippen MR) is 99.1 cm³/mol. The van der Waals surface area contributed by atoms with Gasteiger partial charge < -0.3 is 14.5 Å². The van der Waals surface area contributed by atoms with E-state index in [-0.39, 0.29) is 17.7 Å². The molecule has 4 rings (SSSR count). The van der Waals surface area contributed by atoms with Gasteiger partial charge in [-0.2, -0.15) is 0 Å². The van der Waals surface area contributed by atoms with Crippen LogP contribution in [0.15, 0.2) is 24.3 Å². The molecule has 0 spiro atoms. The number of esters is 1. The van der Waals surface area contributed by atoms with Crippen LogP contribution in [-0.4, -0.2) is 59.4 Å². The van der Waals surface area contributed by atoms with Crippen LogP contribution in [0.5, 0.6) is 0 Å². The lowest BCUT2D eigenvalue weighted by atomic mass is 9.88. The molecule has 3 aliphatic rings. The van der Waals surface area contributed by atoms with Gasteiger partial charge in [0.15, 0.2) is 5.60 Å². The lowest BCUT2D eigenvalue weighted by Gasteiger charge is -2.41. The fourth-order valence-corrected chi connectivity index (χ4v) is 4.55. The number of fused-ring (bicyclic) bond motifs is 1. The third-order valence-electron chi connectivity index (χ3n) is 6.12. The Hall–Kier alpha value is -2.37. The number of carbonyl (C=O) groups excluding carboxylic acids is 3. The summed E-state index contributed by atoms with van der Waals surface area (Å²) in [4.78, 5) is 41.6. The number of benzene rings is 1. The summed E-state index contributed by atoms with van der Waals surface area (Å²) in [5.74, 6) is -0.203. The van der Waals surface area contributed by atoms with Crippen molar-refractivity contribution >= 4 is 17.8 Å². The average Bonchev–Trinajstić information content (AvgIpc) is 3.22. The van der Waals surface area contributed by atoms with Gasteiger partial charge in [-0.3, -0.25) is 9.59 Å². The molecule has 0 radical (unpaired) electrons. The van der Waals surface area contributed by atoms with Gasteiger partial charge in [0.1, 0.15) is 0 Å². The minimum Gasteiger partial charge on any atom is -0.445 e. The molecule has 1 aromatic rings. The van der Waals surface area contributed by atoms with E-state index in [0.29, 0.717) is 38.2 Å². The van der Waals surface area contributed by atoms with E-state index in [2.05, 4.69) is 0 Å². The molecule has 2 fully saturated rings. The molecule has 1 saturated carbocycles. The Bertz CT molecular complexity index is 763. The lowest BCUT2D eigenvalue weighted by Crippen LogP contribution is -2.58. The Balaban J connectivity index is 1.41. The second-order valence-electron chi connectivity index (χ2n) is 8.05. The third kappa shape index (κ3) is 3.33. The molecule has 27 heavy (non-hydrogen) atoms. The molecule has 1 aromatic carbocycles. The second-order valence-corrected chi connectivity index (χ2v) is 8.05. The van der Waals surface area contributed by atoms with Gasteiger partial charge in [0.25, 0.3) is 5.91 Å². The average molecular weight is 370 g/mol. The van der Waals surface area contributed by atoms with E-state index >= 15 is 0 Å². The van der Waals surface area contributed by atoms with Crippen LogP contribution in [0, 0.1) is 5.92 Å². The van der Waals surface area contributed by atoms with Gasteiger partial charge in [-0.15, -0.1) is 0 Å². The minimum atomic E-state index is -1.18. The van der Waals surface area contributed by atoms with E-state index in [9.17, 15) is 14.4 Å². The standard InChI is InChI=1S/C21H26N2O4/c1-21(14-16-8-4-5-9-17(16)19(25)27-21)20(26)23-12-10-22(11-13-23)18(24)15-6-2-3-7-15/h4-5,8-9,15H,2-3,6-7,10-14H2,1H3. The fraction of sp³-hybridized carbons (Fsp3) is 0.571. The second kappa shape index (κ2) is 6.98. The highest BCUT2D eigenvalue weighted by atomic mass is 16.6. The molecule has 1 atom stereocenters. The highest BCUT2D eigenvalue weighted by Crippen LogP contribution is 2.31. The van der Waals surface area contributed by atoms with E-state index in [1.807, 2.05) is 17.0 Å². The van der Waals surface area contributed by atoms with Gasteiger partial charge >= 0.3 is 5.97 Å². The molecule has 1 unspecified atom stereocenters. The molecule has 2 amide bonds. The first-order chi connectivity index (χ1) is 13.0. The Morgan fingerprint density at radius 2 is 1.67 bits per heavy atom. The van der Waals surface area contributed by atoms with Crippen molar-refractivity contribution in [3.8, 4) is 0 Å². The summed E-state index contributed by atoms with van der Waals surface area (Å²) in [5.41, 5.74) is 0.206. The normalized spacial score (nSPS) is 25.9. The van der Waals surface area contributed by atoms with Gasteiger partial charge in [-0.25, -0.2) is 4.79 Å². The van der Waals surface area contributed by atoms with Gasteiger partial charge in [-0.1, -0.05) is 31.0 Å². The molecule has 6 heteroatoms. The number of carbonyl (C=O) groups is 3. The maximum Gasteiger partial charge on any atom is 0.339 e. The number of amides is 2. The number of cyclic esters (lactones) is 1. The smallest absolute Gasteiger partial charge is 0.339 e. The molecular formula is C21H26N2O4. The van der Waals surface area contributed by atoms with Crippen molar-refractivity contribution in [3.05, 3.63) is 35.4 Å². The van der Waals surface area contributed by atoms with E-state index < -0.39 is 11.6 Å². The molecular weight excluding hydrogens is 344 g/mol. The third-order valence-corrected chi connectivity index (χ3v) is 6.12. The van der Waals surface area contributed by atoms with Gasteiger partial charge in [0.05, 0.1) is 5.56 Å². The highest BCUT2D eigenvalue weighted by molar-refractivity contribution is 5.97. The Kier molecular flexibility index (Phi) is 4.66. The Morgan fingerprint density at radius 1 is 1.04 bits per heavy atom. The van der Waals surface area contributed by atoms with Gasteiger partial charge in [0, 0.05) is 38.5 Å². The van der Waals surface area contributed by atoms with Crippen LogP contribution >= 0.6 is 0 Å². The van der Waals surface area contributed by atoms with Crippen LogP contribution in [0.3, 0.4) is 0 Å². The summed E-state index contributed by atoms with van der Waals surface area (Å²) >= 11 is 0. The Morgan fingerprint density at radius 3 is 2.37 bits per heavy atom. The fourth-order valence-electron chi connectivity index (χ4n) is 4.55. The summed E-state index contributed by atoms with van der Waals surface area (Å²) < 4.78 is 5.56. The first kappa shape index (κ1) is 18.0. The molecule has 6 nitrogen and oxygen atoms in total. The lowest BCUT2D eigenvalue weighted by molar-refractivity contribution is -0.155. The van der Waals surface area contributed by atoms with Crippen molar-refractivity contribution < 1.29 is 19.1 Å². The molecule has 1 saturated heterocycles. The summed E-state index contributed by atoms with van der Waals surface area (Å²) in [6.07, 6.45) is 4.64. The van der Waals surface area contributed by atoms with Gasteiger partial charge in [-0.05, 0) is 31.4 Å². The van der Waals surface area contributed by atoms with Crippen LogP contribution < -0.4 is 0 Å². The Labute approximate surface area is 159 Å². The van der Waals surface area contributed by atoms with E-state index in [4.69, 9.17) is 4.74 Å². The molecule has 0 N–H and O–H groups in total. The number of rotatable bonds is 2. The van der Waals surface area contributed by atoms with Crippen molar-refractivity contribution in [1.82, 2.24) is 9.80 Å². The van der Waals surface area contributed by atoms with E-state index in [0.717, 1.165) is 31.2 Å². The maximum atomic E-state index is 13.1. The highest BCUT2D eigenvalue weighted by Gasteiger charge is 2.45. The largest absolute Gasteiger partial charge is 0.445 e. The van der Waals surface area contributed by atoms with E-state index in [1.165, 1.54) is 0 Å². The van der Waals surface area contributed by atoms with Gasteiger partial charge in [0.2, 0.25) is 5.91 Å². The van der Waals surface area contributed by atoms with Crippen molar-refractivity contribution in [2.45, 2.75) is 44.6 Å². The van der Waals surface area contributed by atoms with Crippen molar-refractivity contribution in [1.29, 1.82) is 0 Å². The molecule has 2 heterocycles. The number of nitrogens with zero attached hydrogens (tertiary/aromatic N) is 2. The molecule has 1 aliphatic carbocycles. The predicted octanol–water partition coefficient (Wildman–Crippen LogP) is 2.02. The zero-order valence-electron chi connectivity index (χ0n) is 15.8. The van der Waals surface area contributed by atoms with Crippen LogP contribution in [0.4, 0.5) is 0 Å². The van der Waals surface area contributed by atoms with Crippen molar-refractivity contribution in [3.63, 3.8) is 0 Å². The number of ether oxygens (including phenoxy) is 1. The number of hydrogen-bond acceptors (Lipinski definition) is 4. The van der Waals surface area contributed by atoms with Crippen LogP contribution in [0.2, 0.25) is 0 Å². The van der Waals surface area contributed by atoms with Crippen LogP contribution in [0.25, 0.3) is 0 Å². The first-order valence-electron chi connectivity index (χ1n) is 9.87. The quantitative estimate of drug-likeness (QED) is 0.747. The van der Waals surface area contributed by atoms with Crippen LogP contribution in [0.1, 0.15) is 48.5 Å². The first-order valence-corrected chi connectivity index (χ1v) is 9.87. The number of piperazine rings is 1. The van der Waals surface area contributed by atoms with Crippen molar-refractivity contribution in [2.75, 3.05) is 26.2 Å². The molecule has 144 valence electrons. The summed E-state index contributed by atoms with van der Waals surface area (Å²) in [5, 5.41) is 0. The van der Waals surface area contributed by atoms with Crippen molar-refractivity contribution in [2.24, 2.45) is 5.92 Å². The van der Waals surface area contributed by atoms with Crippen LogP contribution in [-0.2, 0) is 20.7 Å². The molecule has 0 bridgehead atoms. The monoisotopic (exact) mass is 370 g/mol. The minimum absolute atomic E-state index is 0.167. The summed E-state index contributed by atoms with van der Waals surface area (Å²) in [6.45, 7) is 3.79. The SMILES string of the molecule is CC1(C(=O)N2CCN(C(=O)C3CCCC3)CC2)Cc2ccccc2C(=O)O1. The summed E-state index contributed by atoms with van der Waals surface area (Å²) in [7, 11) is 0. The van der Waals surface area contributed by atoms with E-state index in [1.54, 1.807) is 24.0 Å². The number of hydrogen-bond donors (Lipinski definition) is 0. The summed E-state index contributed by atoms with van der Waals surface area (Å²) in [6, 6.07) is 7.27. The zero-order chi connectivity index (χ0) is 19.0. The topological polar surface area (TPSA) is 66.9 Å². The maximum absolute atomic E-state index is 13.1. The molecule has 2 aliphatic heterocycles. The zero-order valence-corrected chi connectivity index (χ0v) is 15.8.